The van der Waals surface area contributed by atoms with Gasteiger partial charge in [-0.2, -0.15) is 0 Å². The Kier molecular flexibility index (Phi) is 3.29. The third-order valence-electron chi connectivity index (χ3n) is 6.72. The molecular formula is C19H26Si. The lowest BCUT2D eigenvalue weighted by Gasteiger charge is -2.45. The van der Waals surface area contributed by atoms with E-state index in [0.717, 1.165) is 26.3 Å². The summed E-state index contributed by atoms with van der Waals surface area (Å²) >= 11 is 0. The largest absolute Gasteiger partial charge is 0.0810 e. The van der Waals surface area contributed by atoms with E-state index in [1.807, 2.05) is 0 Å². The fourth-order valence-electron chi connectivity index (χ4n) is 5.98. The van der Waals surface area contributed by atoms with Crippen molar-refractivity contribution in [1.82, 2.24) is 0 Å². The fraction of sp³-hybridized carbons (Fsp3) is 0.684. The Hall–Kier alpha value is -0.563. The molecule has 3 saturated carbocycles. The highest BCUT2D eigenvalue weighted by Crippen LogP contribution is 2.70. The molecule has 3 atom stereocenters. The molecule has 3 aliphatic rings. The Labute approximate surface area is 126 Å². The quantitative estimate of drug-likeness (QED) is 0.712. The van der Waals surface area contributed by atoms with E-state index in [2.05, 4.69) is 30.3 Å². The van der Waals surface area contributed by atoms with E-state index in [1.54, 1.807) is 43.7 Å². The van der Waals surface area contributed by atoms with Gasteiger partial charge in [-0.1, -0.05) is 60.8 Å². The van der Waals surface area contributed by atoms with Crippen LogP contribution in [0.4, 0.5) is 0 Å². The van der Waals surface area contributed by atoms with Gasteiger partial charge in [0.1, 0.15) is 0 Å². The number of hydrogen-bond acceptors (Lipinski definition) is 0. The molecule has 0 aromatic heterocycles. The second-order valence-corrected chi connectivity index (χ2v) is 8.98. The summed E-state index contributed by atoms with van der Waals surface area (Å²) in [5.41, 5.74) is 1.61. The summed E-state index contributed by atoms with van der Waals surface area (Å²) in [5.74, 6) is 1.03. The Bertz CT molecular complexity index is 446. The van der Waals surface area contributed by atoms with Crippen LogP contribution < -0.4 is 5.19 Å². The van der Waals surface area contributed by atoms with E-state index in [1.165, 1.54) is 25.3 Å². The molecule has 0 bridgehead atoms. The molecule has 0 N–H and O–H groups in total. The first-order valence-electron chi connectivity index (χ1n) is 8.61. The average molecular weight is 283 g/mol. The van der Waals surface area contributed by atoms with Crippen LogP contribution in [-0.2, 0) is 0 Å². The highest BCUT2D eigenvalue weighted by Gasteiger charge is 2.60. The van der Waals surface area contributed by atoms with Gasteiger partial charge in [-0.15, -0.1) is 0 Å². The molecule has 0 saturated heterocycles. The molecule has 0 heterocycles. The van der Waals surface area contributed by atoms with E-state index in [0.29, 0.717) is 0 Å². The molecule has 3 fully saturated rings. The first kappa shape index (κ1) is 13.1. The van der Waals surface area contributed by atoms with Gasteiger partial charge in [-0.25, -0.2) is 0 Å². The third kappa shape index (κ3) is 2.01. The van der Waals surface area contributed by atoms with Gasteiger partial charge in [-0.3, -0.25) is 0 Å². The second-order valence-electron chi connectivity index (χ2n) is 7.64. The maximum Gasteiger partial charge on any atom is 0.0810 e. The minimum atomic E-state index is 0.803. The Morgan fingerprint density at radius 3 is 2.10 bits per heavy atom. The van der Waals surface area contributed by atoms with Crippen molar-refractivity contribution in [2.24, 2.45) is 16.7 Å². The van der Waals surface area contributed by atoms with Crippen molar-refractivity contribution in [1.29, 1.82) is 0 Å². The zero-order valence-electron chi connectivity index (χ0n) is 12.5. The summed E-state index contributed by atoms with van der Waals surface area (Å²) in [6.07, 6.45) is 14.0. The van der Waals surface area contributed by atoms with Crippen LogP contribution in [0.25, 0.3) is 0 Å². The van der Waals surface area contributed by atoms with Gasteiger partial charge in [0.25, 0.3) is 0 Å². The molecule has 1 aromatic carbocycles. The molecule has 1 unspecified atom stereocenters. The van der Waals surface area contributed by atoms with Crippen LogP contribution in [0.5, 0.6) is 0 Å². The second kappa shape index (κ2) is 5.01. The predicted octanol–water partition coefficient (Wildman–Crippen LogP) is 4.58. The van der Waals surface area contributed by atoms with Gasteiger partial charge in [0.2, 0.25) is 0 Å². The number of hydrogen-bond donors (Lipinski definition) is 0. The summed E-state index contributed by atoms with van der Waals surface area (Å²) in [4.78, 5) is 0. The molecule has 4 rings (SSSR count). The maximum absolute atomic E-state index is 2.32. The normalized spacial score (nSPS) is 39.5. The lowest BCUT2D eigenvalue weighted by Crippen LogP contribution is -2.35. The van der Waals surface area contributed by atoms with Crippen LogP contribution in [0.1, 0.15) is 57.8 Å². The van der Waals surface area contributed by atoms with Crippen LogP contribution in [-0.4, -0.2) is 9.52 Å². The van der Waals surface area contributed by atoms with Crippen LogP contribution in [0.3, 0.4) is 0 Å². The van der Waals surface area contributed by atoms with Crippen LogP contribution in [0.15, 0.2) is 30.3 Å². The maximum atomic E-state index is 2.32. The molecule has 0 nitrogen and oxygen atoms in total. The number of rotatable bonds is 3. The molecule has 2 radical (unpaired) electrons. The van der Waals surface area contributed by atoms with Gasteiger partial charge in [0.15, 0.2) is 0 Å². The van der Waals surface area contributed by atoms with E-state index in [9.17, 15) is 0 Å². The summed E-state index contributed by atoms with van der Waals surface area (Å²) in [7, 11) is 1.04. The first-order chi connectivity index (χ1) is 9.82. The SMILES string of the molecule is c1ccc([Si]CC2C[C@@]34CCCC[C@@]3(CCC4)C2)cc1. The third-order valence-corrected chi connectivity index (χ3v) is 8.25. The van der Waals surface area contributed by atoms with Crippen LogP contribution in [0.2, 0.25) is 6.04 Å². The lowest BCUT2D eigenvalue weighted by atomic mass is 9.60. The minimum Gasteiger partial charge on any atom is -0.0642 e. The van der Waals surface area contributed by atoms with Crippen molar-refractivity contribution < 1.29 is 0 Å². The van der Waals surface area contributed by atoms with Crippen molar-refractivity contribution in [3.63, 3.8) is 0 Å². The molecular weight excluding hydrogens is 256 g/mol. The molecule has 0 amide bonds. The monoisotopic (exact) mass is 282 g/mol. The van der Waals surface area contributed by atoms with Gasteiger partial charge in [0.05, 0.1) is 9.52 Å². The smallest absolute Gasteiger partial charge is 0.0642 e. The van der Waals surface area contributed by atoms with Crippen LogP contribution >= 0.6 is 0 Å². The topological polar surface area (TPSA) is 0 Å². The van der Waals surface area contributed by atoms with E-state index < -0.39 is 0 Å². The van der Waals surface area contributed by atoms with Crippen molar-refractivity contribution in [2.45, 2.75) is 63.8 Å². The van der Waals surface area contributed by atoms with E-state index in [-0.39, 0.29) is 0 Å². The molecule has 20 heavy (non-hydrogen) atoms. The van der Waals surface area contributed by atoms with E-state index in [4.69, 9.17) is 0 Å². The van der Waals surface area contributed by atoms with Gasteiger partial charge >= 0.3 is 0 Å². The Morgan fingerprint density at radius 1 is 0.850 bits per heavy atom. The summed E-state index contributed by atoms with van der Waals surface area (Å²) in [6.45, 7) is 0. The van der Waals surface area contributed by atoms with Gasteiger partial charge in [-0.05, 0) is 55.3 Å². The zero-order valence-corrected chi connectivity index (χ0v) is 13.5. The average Bonchev–Trinajstić information content (AvgIpc) is 2.99. The molecule has 0 aliphatic heterocycles. The summed E-state index contributed by atoms with van der Waals surface area (Å²) < 4.78 is 0. The first-order valence-corrected chi connectivity index (χ1v) is 9.82. The summed E-state index contributed by atoms with van der Waals surface area (Å²) in [6, 6.07) is 12.6. The molecule has 3 aliphatic carbocycles. The Balaban J connectivity index is 1.45. The Morgan fingerprint density at radius 2 is 1.45 bits per heavy atom. The predicted molar refractivity (Wildman–Crippen MR) is 86.5 cm³/mol. The summed E-state index contributed by atoms with van der Waals surface area (Å²) in [5, 5.41) is 1.57. The molecule has 1 heteroatoms. The van der Waals surface area contributed by atoms with Gasteiger partial charge < -0.3 is 0 Å². The van der Waals surface area contributed by atoms with Crippen LogP contribution in [0, 0.1) is 16.7 Å². The minimum absolute atomic E-state index is 0.803. The van der Waals surface area contributed by atoms with Crippen molar-refractivity contribution in [2.75, 3.05) is 0 Å². The van der Waals surface area contributed by atoms with E-state index >= 15 is 0 Å². The van der Waals surface area contributed by atoms with Gasteiger partial charge in [0, 0.05) is 0 Å². The van der Waals surface area contributed by atoms with Crippen molar-refractivity contribution in [3.8, 4) is 0 Å². The van der Waals surface area contributed by atoms with Crippen molar-refractivity contribution in [3.05, 3.63) is 30.3 Å². The molecule has 0 spiro atoms. The highest BCUT2D eigenvalue weighted by molar-refractivity contribution is 6.53. The highest BCUT2D eigenvalue weighted by atomic mass is 28.2. The standard InChI is InChI=1S/C19H26Si/c1-2-7-17(8-3-1)20-15-16-13-18-9-4-5-10-19(18,14-16)12-6-11-18/h1-3,7-8,16H,4-6,9-15H2/t16?,18-,19+. The molecule has 106 valence electrons. The zero-order chi connectivity index (χ0) is 13.5. The molecule has 1 aromatic rings. The fourth-order valence-corrected chi connectivity index (χ4v) is 7.22. The number of benzene rings is 1. The lowest BCUT2D eigenvalue weighted by molar-refractivity contribution is 0.0520. The van der Waals surface area contributed by atoms with Crippen molar-refractivity contribution >= 4 is 14.7 Å².